The highest BCUT2D eigenvalue weighted by Gasteiger charge is 2.10. The van der Waals surface area contributed by atoms with Crippen molar-refractivity contribution in [1.29, 1.82) is 0 Å². The molecule has 0 atom stereocenters. The second kappa shape index (κ2) is 9.45. The third kappa shape index (κ3) is 5.12. The van der Waals surface area contributed by atoms with E-state index in [2.05, 4.69) is 26.5 Å². The van der Waals surface area contributed by atoms with Crippen molar-refractivity contribution in [3.8, 4) is 17.2 Å². The smallest absolute Gasteiger partial charge is 0.244 e. The Hall–Kier alpha value is -2.25. The third-order valence-corrected chi connectivity index (χ3v) is 4.42. The van der Waals surface area contributed by atoms with E-state index in [0.717, 1.165) is 10.0 Å². The van der Waals surface area contributed by atoms with E-state index in [1.165, 1.54) is 6.21 Å². The molecule has 0 fully saturated rings. The van der Waals surface area contributed by atoms with E-state index in [9.17, 15) is 4.79 Å². The van der Waals surface area contributed by atoms with Gasteiger partial charge in [-0.2, -0.15) is 5.10 Å². The highest BCUT2D eigenvalue weighted by Crippen LogP contribution is 2.35. The Morgan fingerprint density at radius 3 is 2.62 bits per heavy atom. The van der Waals surface area contributed by atoms with Crippen molar-refractivity contribution in [1.82, 2.24) is 5.43 Å². The van der Waals surface area contributed by atoms with Gasteiger partial charge in [0, 0.05) is 5.02 Å². The molecular weight excluding hydrogens is 424 g/mol. The molecule has 0 bridgehead atoms. The van der Waals surface area contributed by atoms with Crippen LogP contribution in [0.25, 0.3) is 0 Å². The normalized spacial score (nSPS) is 10.7. The summed E-state index contributed by atoms with van der Waals surface area (Å²) < 4.78 is 16.4. The van der Waals surface area contributed by atoms with Gasteiger partial charge in [-0.1, -0.05) is 11.6 Å². The molecule has 0 aliphatic carbocycles. The number of halogens is 2. The molecule has 2 rings (SSSR count). The number of ether oxygens (including phenoxy) is 3. The van der Waals surface area contributed by atoms with E-state index in [1.807, 2.05) is 0 Å². The van der Waals surface area contributed by atoms with Crippen LogP contribution >= 0.6 is 27.5 Å². The van der Waals surface area contributed by atoms with Crippen molar-refractivity contribution in [2.75, 3.05) is 21.3 Å². The largest absolute Gasteiger partial charge is 0.497 e. The van der Waals surface area contributed by atoms with Gasteiger partial charge in [-0.05, 0) is 57.4 Å². The molecule has 0 unspecified atom stereocenters. The number of amides is 1. The van der Waals surface area contributed by atoms with Crippen LogP contribution in [0, 0.1) is 0 Å². The van der Waals surface area contributed by atoms with Crippen LogP contribution in [0.3, 0.4) is 0 Å². The summed E-state index contributed by atoms with van der Waals surface area (Å²) in [5, 5.41) is 4.46. The van der Waals surface area contributed by atoms with Crippen molar-refractivity contribution >= 4 is 39.7 Å². The minimum Gasteiger partial charge on any atom is -0.497 e. The van der Waals surface area contributed by atoms with Crippen LogP contribution < -0.4 is 19.6 Å². The second-order valence-corrected chi connectivity index (χ2v) is 6.43. The lowest BCUT2D eigenvalue weighted by molar-refractivity contribution is -0.120. The lowest BCUT2D eigenvalue weighted by Gasteiger charge is -2.10. The Bertz CT molecular complexity index is 827. The number of hydrazone groups is 1. The molecule has 2 aromatic carbocycles. The first kappa shape index (κ1) is 20.1. The Balaban J connectivity index is 2.04. The molecule has 0 aliphatic heterocycles. The number of rotatable bonds is 7. The van der Waals surface area contributed by atoms with E-state index < -0.39 is 0 Å². The van der Waals surface area contributed by atoms with Crippen molar-refractivity contribution < 1.29 is 19.0 Å². The van der Waals surface area contributed by atoms with Crippen LogP contribution in [0.2, 0.25) is 5.02 Å². The van der Waals surface area contributed by atoms with Crippen LogP contribution in [0.1, 0.15) is 11.1 Å². The lowest BCUT2D eigenvalue weighted by atomic mass is 10.1. The Kier molecular flexibility index (Phi) is 7.29. The Morgan fingerprint density at radius 1 is 1.19 bits per heavy atom. The van der Waals surface area contributed by atoms with Crippen molar-refractivity contribution in [3.63, 3.8) is 0 Å². The number of hydrogen-bond donors (Lipinski definition) is 1. The summed E-state index contributed by atoms with van der Waals surface area (Å²) in [7, 11) is 4.66. The average molecular weight is 442 g/mol. The maximum absolute atomic E-state index is 12.1. The van der Waals surface area contributed by atoms with Crippen molar-refractivity contribution in [2.45, 2.75) is 6.42 Å². The molecule has 2 aromatic rings. The summed E-state index contributed by atoms with van der Waals surface area (Å²) in [6.45, 7) is 0. The van der Waals surface area contributed by atoms with E-state index >= 15 is 0 Å². The van der Waals surface area contributed by atoms with E-state index in [4.69, 9.17) is 25.8 Å². The zero-order chi connectivity index (χ0) is 19.1. The summed E-state index contributed by atoms with van der Waals surface area (Å²) in [5.74, 6) is 1.48. The first-order valence-corrected chi connectivity index (χ1v) is 8.71. The first-order valence-electron chi connectivity index (χ1n) is 7.54. The van der Waals surface area contributed by atoms with Gasteiger partial charge >= 0.3 is 0 Å². The molecule has 0 heterocycles. The Labute approximate surface area is 165 Å². The number of nitrogens with zero attached hydrogens (tertiary/aromatic N) is 1. The summed E-state index contributed by atoms with van der Waals surface area (Å²) >= 11 is 9.51. The zero-order valence-corrected chi connectivity index (χ0v) is 16.8. The molecule has 0 spiro atoms. The summed E-state index contributed by atoms with van der Waals surface area (Å²) in [5.41, 5.74) is 3.86. The molecule has 0 saturated carbocycles. The van der Waals surface area contributed by atoms with E-state index in [-0.39, 0.29) is 12.3 Å². The third-order valence-electron chi connectivity index (χ3n) is 3.46. The van der Waals surface area contributed by atoms with Crippen LogP contribution in [0.4, 0.5) is 0 Å². The van der Waals surface area contributed by atoms with Gasteiger partial charge in [0.2, 0.25) is 5.91 Å². The fourth-order valence-electron chi connectivity index (χ4n) is 2.22. The Morgan fingerprint density at radius 2 is 1.96 bits per heavy atom. The minimum absolute atomic E-state index is 0.0863. The maximum Gasteiger partial charge on any atom is 0.244 e. The molecule has 0 saturated heterocycles. The van der Waals surface area contributed by atoms with Gasteiger partial charge in [0.15, 0.2) is 11.5 Å². The van der Waals surface area contributed by atoms with Gasteiger partial charge < -0.3 is 14.2 Å². The van der Waals surface area contributed by atoms with Gasteiger partial charge in [-0.3, -0.25) is 4.79 Å². The number of carbonyl (C=O) groups is 1. The molecule has 1 amide bonds. The molecule has 26 heavy (non-hydrogen) atoms. The molecule has 138 valence electrons. The number of methoxy groups -OCH3 is 3. The van der Waals surface area contributed by atoms with Gasteiger partial charge in [0.25, 0.3) is 0 Å². The fraction of sp³-hybridized carbons (Fsp3) is 0.222. The number of hydrogen-bond acceptors (Lipinski definition) is 5. The molecule has 0 aliphatic rings. The minimum atomic E-state index is -0.295. The SMILES string of the molecule is COc1ccc(Cl)c(CC(=O)N/N=C/c2cc(Br)c(OC)c(OC)c2)c1. The molecule has 6 nitrogen and oxygen atoms in total. The van der Waals surface area contributed by atoms with Gasteiger partial charge in [-0.15, -0.1) is 0 Å². The quantitative estimate of drug-likeness (QED) is 0.524. The summed E-state index contributed by atoms with van der Waals surface area (Å²) in [6, 6.07) is 8.69. The predicted octanol–water partition coefficient (Wildman–Crippen LogP) is 3.82. The lowest BCUT2D eigenvalue weighted by Crippen LogP contribution is -2.20. The van der Waals surface area contributed by atoms with E-state index in [0.29, 0.717) is 27.8 Å². The van der Waals surface area contributed by atoms with Gasteiger partial charge in [0.1, 0.15) is 5.75 Å². The fourth-order valence-corrected chi connectivity index (χ4v) is 3.02. The first-order chi connectivity index (χ1) is 12.5. The monoisotopic (exact) mass is 440 g/mol. The number of nitrogens with one attached hydrogen (secondary N) is 1. The van der Waals surface area contributed by atoms with Crippen molar-refractivity contribution in [3.05, 3.63) is 51.0 Å². The summed E-state index contributed by atoms with van der Waals surface area (Å²) in [6.07, 6.45) is 1.60. The molecule has 0 aromatic heterocycles. The molecule has 1 N–H and O–H groups in total. The number of carbonyl (C=O) groups excluding carboxylic acids is 1. The maximum atomic E-state index is 12.1. The second-order valence-electron chi connectivity index (χ2n) is 5.17. The van der Waals surface area contributed by atoms with Gasteiger partial charge in [0.05, 0.1) is 38.4 Å². The van der Waals surface area contributed by atoms with Gasteiger partial charge in [-0.25, -0.2) is 5.43 Å². The highest BCUT2D eigenvalue weighted by atomic mass is 79.9. The van der Waals surface area contributed by atoms with Crippen LogP contribution in [0.15, 0.2) is 39.9 Å². The zero-order valence-electron chi connectivity index (χ0n) is 14.5. The highest BCUT2D eigenvalue weighted by molar-refractivity contribution is 9.10. The van der Waals surface area contributed by atoms with Crippen LogP contribution in [-0.4, -0.2) is 33.5 Å². The predicted molar refractivity (Wildman–Crippen MR) is 105 cm³/mol. The standard InChI is InChI=1S/C18H18BrClN2O4/c1-24-13-4-5-15(20)12(8-13)9-17(23)22-21-10-11-6-14(19)18(26-3)16(7-11)25-2/h4-8,10H,9H2,1-3H3,(H,22,23)/b21-10+. The molecule has 0 radical (unpaired) electrons. The summed E-state index contributed by atoms with van der Waals surface area (Å²) in [4.78, 5) is 12.1. The van der Waals surface area contributed by atoms with Crippen molar-refractivity contribution in [2.24, 2.45) is 5.10 Å². The van der Waals surface area contributed by atoms with E-state index in [1.54, 1.807) is 51.7 Å². The topological polar surface area (TPSA) is 69.2 Å². The molecule has 8 heteroatoms. The number of benzene rings is 2. The average Bonchev–Trinajstić information content (AvgIpc) is 2.63. The van der Waals surface area contributed by atoms with Crippen LogP contribution in [0.5, 0.6) is 17.2 Å². The van der Waals surface area contributed by atoms with Crippen LogP contribution in [-0.2, 0) is 11.2 Å². The molecular formula is C18H18BrClN2O4.